The van der Waals surface area contributed by atoms with E-state index >= 15 is 0 Å². The van der Waals surface area contributed by atoms with E-state index in [4.69, 9.17) is 4.74 Å². The van der Waals surface area contributed by atoms with Gasteiger partial charge >= 0.3 is 6.18 Å². The van der Waals surface area contributed by atoms with Crippen LogP contribution in [0.5, 0.6) is 0 Å². The van der Waals surface area contributed by atoms with Gasteiger partial charge in [-0.05, 0) is 42.0 Å². The van der Waals surface area contributed by atoms with E-state index in [-0.39, 0.29) is 22.9 Å². The molecule has 29 heavy (non-hydrogen) atoms. The van der Waals surface area contributed by atoms with Crippen LogP contribution in [0.15, 0.2) is 53.4 Å². The smallest absolute Gasteiger partial charge is 0.378 e. The monoisotopic (exact) mass is 428 g/mol. The molecule has 2 aromatic rings. The number of anilines is 1. The van der Waals surface area contributed by atoms with Gasteiger partial charge in [-0.15, -0.1) is 0 Å². The number of halogens is 3. The van der Waals surface area contributed by atoms with Gasteiger partial charge in [0, 0.05) is 18.8 Å². The standard InChI is InChI=1S/C19H19F3N2O4S/c20-19(21,22)15-3-7-17(8-4-15)29(26,27)23-16-5-1-14(2-6-16)13-18(25)24-9-11-28-12-10-24/h1-8,23H,9-13H2. The van der Waals surface area contributed by atoms with Crippen LogP contribution in [0.25, 0.3) is 0 Å². The van der Waals surface area contributed by atoms with Crippen molar-refractivity contribution in [1.82, 2.24) is 4.90 Å². The Kier molecular flexibility index (Phi) is 6.13. The highest BCUT2D eigenvalue weighted by Crippen LogP contribution is 2.30. The summed E-state index contributed by atoms with van der Waals surface area (Å²) in [4.78, 5) is 13.7. The topological polar surface area (TPSA) is 75.7 Å². The molecule has 3 rings (SSSR count). The summed E-state index contributed by atoms with van der Waals surface area (Å²) < 4.78 is 70.1. The van der Waals surface area contributed by atoms with E-state index in [1.54, 1.807) is 17.0 Å². The number of benzene rings is 2. The van der Waals surface area contributed by atoms with E-state index in [1.807, 2.05) is 0 Å². The normalized spacial score (nSPS) is 15.2. The summed E-state index contributed by atoms with van der Waals surface area (Å²) in [6.07, 6.45) is -4.35. The average Bonchev–Trinajstić information content (AvgIpc) is 2.69. The zero-order chi connectivity index (χ0) is 21.1. The maximum Gasteiger partial charge on any atom is 0.416 e. The molecule has 0 radical (unpaired) electrons. The lowest BCUT2D eigenvalue weighted by molar-refractivity contribution is -0.137. The highest BCUT2D eigenvalue weighted by Gasteiger charge is 2.30. The molecule has 6 nitrogen and oxygen atoms in total. The summed E-state index contributed by atoms with van der Waals surface area (Å²) in [6, 6.07) is 9.50. The fraction of sp³-hybridized carbons (Fsp3) is 0.316. The third-order valence-electron chi connectivity index (χ3n) is 4.42. The Morgan fingerprint density at radius 3 is 2.14 bits per heavy atom. The van der Waals surface area contributed by atoms with Gasteiger partial charge in [-0.25, -0.2) is 8.42 Å². The minimum Gasteiger partial charge on any atom is -0.378 e. The number of ether oxygens (including phenoxy) is 1. The summed E-state index contributed by atoms with van der Waals surface area (Å²) in [5, 5.41) is 0. The van der Waals surface area contributed by atoms with Crippen LogP contribution >= 0.6 is 0 Å². The van der Waals surface area contributed by atoms with Crippen LogP contribution in [0.2, 0.25) is 0 Å². The number of alkyl halides is 3. The molecular formula is C19H19F3N2O4S. The highest BCUT2D eigenvalue weighted by molar-refractivity contribution is 7.92. The number of carbonyl (C=O) groups excluding carboxylic acids is 1. The Bertz CT molecular complexity index is 952. The Balaban J connectivity index is 1.64. The van der Waals surface area contributed by atoms with Crippen molar-refractivity contribution in [2.45, 2.75) is 17.5 Å². The predicted octanol–water partition coefficient (Wildman–Crippen LogP) is 2.91. The van der Waals surface area contributed by atoms with Crippen molar-refractivity contribution >= 4 is 21.6 Å². The second kappa shape index (κ2) is 8.42. The van der Waals surface area contributed by atoms with Crippen molar-refractivity contribution in [1.29, 1.82) is 0 Å². The average molecular weight is 428 g/mol. The Morgan fingerprint density at radius 1 is 1.00 bits per heavy atom. The van der Waals surface area contributed by atoms with Gasteiger partial charge in [0.25, 0.3) is 10.0 Å². The van der Waals surface area contributed by atoms with Crippen LogP contribution in [-0.2, 0) is 32.2 Å². The molecule has 156 valence electrons. The van der Waals surface area contributed by atoms with Gasteiger partial charge in [0.15, 0.2) is 0 Å². The number of sulfonamides is 1. The number of hydrogen-bond donors (Lipinski definition) is 1. The molecule has 1 fully saturated rings. The van der Waals surface area contributed by atoms with Gasteiger partial charge in [0.1, 0.15) is 0 Å². The molecule has 0 aromatic heterocycles. The van der Waals surface area contributed by atoms with Gasteiger partial charge in [0.2, 0.25) is 5.91 Å². The zero-order valence-corrected chi connectivity index (χ0v) is 16.1. The van der Waals surface area contributed by atoms with Crippen LogP contribution in [0, 0.1) is 0 Å². The Hall–Kier alpha value is -2.59. The van der Waals surface area contributed by atoms with Gasteiger partial charge in [-0.3, -0.25) is 9.52 Å². The molecule has 0 spiro atoms. The number of amides is 1. The van der Waals surface area contributed by atoms with E-state index in [0.29, 0.717) is 26.3 Å². The van der Waals surface area contributed by atoms with Gasteiger partial charge in [-0.2, -0.15) is 13.2 Å². The van der Waals surface area contributed by atoms with E-state index in [9.17, 15) is 26.4 Å². The minimum absolute atomic E-state index is 0.0358. The Morgan fingerprint density at radius 2 is 1.59 bits per heavy atom. The molecule has 1 heterocycles. The van der Waals surface area contributed by atoms with Gasteiger partial charge in [-0.1, -0.05) is 12.1 Å². The van der Waals surface area contributed by atoms with Crippen molar-refractivity contribution in [2.24, 2.45) is 0 Å². The van der Waals surface area contributed by atoms with Crippen molar-refractivity contribution in [3.05, 3.63) is 59.7 Å². The van der Waals surface area contributed by atoms with Crippen LogP contribution < -0.4 is 4.72 Å². The lowest BCUT2D eigenvalue weighted by Crippen LogP contribution is -2.41. The first-order valence-electron chi connectivity index (χ1n) is 8.80. The van der Waals surface area contributed by atoms with Crippen LogP contribution in [0.3, 0.4) is 0 Å². The van der Waals surface area contributed by atoms with Crippen LogP contribution in [0.4, 0.5) is 18.9 Å². The van der Waals surface area contributed by atoms with Gasteiger partial charge < -0.3 is 9.64 Å². The lowest BCUT2D eigenvalue weighted by Gasteiger charge is -2.26. The van der Waals surface area contributed by atoms with Crippen LogP contribution in [-0.4, -0.2) is 45.5 Å². The maximum atomic E-state index is 12.6. The van der Waals surface area contributed by atoms with Crippen molar-refractivity contribution in [3.8, 4) is 0 Å². The minimum atomic E-state index is -4.54. The molecule has 1 amide bonds. The van der Waals surface area contributed by atoms with E-state index < -0.39 is 21.8 Å². The molecule has 1 saturated heterocycles. The second-order valence-electron chi connectivity index (χ2n) is 6.49. The number of carbonyl (C=O) groups is 1. The molecule has 0 unspecified atom stereocenters. The fourth-order valence-corrected chi connectivity index (χ4v) is 3.89. The quantitative estimate of drug-likeness (QED) is 0.795. The van der Waals surface area contributed by atoms with Crippen molar-refractivity contribution in [2.75, 3.05) is 31.0 Å². The first kappa shape index (κ1) is 21.1. The predicted molar refractivity (Wildman–Crippen MR) is 99.8 cm³/mol. The molecular weight excluding hydrogens is 409 g/mol. The fourth-order valence-electron chi connectivity index (χ4n) is 2.83. The molecule has 2 aromatic carbocycles. The zero-order valence-electron chi connectivity index (χ0n) is 15.3. The molecule has 0 atom stereocenters. The second-order valence-corrected chi connectivity index (χ2v) is 8.18. The van der Waals surface area contributed by atoms with Gasteiger partial charge in [0.05, 0.1) is 30.1 Å². The number of nitrogens with zero attached hydrogens (tertiary/aromatic N) is 1. The Labute approximate surface area is 166 Å². The summed E-state index contributed by atoms with van der Waals surface area (Å²) in [6.45, 7) is 2.11. The maximum absolute atomic E-state index is 12.6. The van der Waals surface area contributed by atoms with E-state index in [2.05, 4.69) is 4.72 Å². The molecule has 1 aliphatic heterocycles. The number of morpholine rings is 1. The summed E-state index contributed by atoms with van der Waals surface area (Å²) in [7, 11) is -4.04. The molecule has 1 N–H and O–H groups in total. The third-order valence-corrected chi connectivity index (χ3v) is 5.81. The first-order valence-corrected chi connectivity index (χ1v) is 10.3. The molecule has 0 saturated carbocycles. The molecule has 0 aliphatic carbocycles. The molecule has 10 heteroatoms. The van der Waals surface area contributed by atoms with Crippen molar-refractivity contribution in [3.63, 3.8) is 0 Å². The van der Waals surface area contributed by atoms with Crippen LogP contribution in [0.1, 0.15) is 11.1 Å². The SMILES string of the molecule is O=C(Cc1ccc(NS(=O)(=O)c2ccc(C(F)(F)F)cc2)cc1)N1CCOCC1. The summed E-state index contributed by atoms with van der Waals surface area (Å²) >= 11 is 0. The number of nitrogens with one attached hydrogen (secondary N) is 1. The van der Waals surface area contributed by atoms with E-state index in [0.717, 1.165) is 29.8 Å². The number of rotatable bonds is 5. The summed E-state index contributed by atoms with van der Waals surface area (Å²) in [5.41, 5.74) is 0.0391. The van der Waals surface area contributed by atoms with Crippen molar-refractivity contribution < 1.29 is 31.1 Å². The third kappa shape index (κ3) is 5.48. The molecule has 1 aliphatic rings. The number of hydrogen-bond acceptors (Lipinski definition) is 4. The summed E-state index contributed by atoms with van der Waals surface area (Å²) in [5.74, 6) is -0.0358. The van der Waals surface area contributed by atoms with E-state index in [1.165, 1.54) is 12.1 Å². The largest absolute Gasteiger partial charge is 0.416 e. The highest BCUT2D eigenvalue weighted by atomic mass is 32.2. The molecule has 0 bridgehead atoms. The lowest BCUT2D eigenvalue weighted by atomic mass is 10.1. The first-order chi connectivity index (χ1) is 13.6.